The summed E-state index contributed by atoms with van der Waals surface area (Å²) in [6.07, 6.45) is 2.10. The van der Waals surface area contributed by atoms with E-state index in [1.807, 2.05) is 56.8 Å². The van der Waals surface area contributed by atoms with E-state index < -0.39 is 35.3 Å². The van der Waals surface area contributed by atoms with Gasteiger partial charge in [-0.1, -0.05) is 54.6 Å². The normalized spacial score (nSPS) is 16.5. The van der Waals surface area contributed by atoms with Crippen LogP contribution in [-0.2, 0) is 39.1 Å². The average Bonchev–Trinajstić information content (AvgIpc) is 3.89. The molecule has 0 radical (unpaired) electrons. The summed E-state index contributed by atoms with van der Waals surface area (Å²) in [6, 6.07) is 22.3. The Morgan fingerprint density at radius 1 is 0.803 bits per heavy atom. The van der Waals surface area contributed by atoms with Crippen molar-refractivity contribution in [3.05, 3.63) is 112 Å². The summed E-state index contributed by atoms with van der Waals surface area (Å²) < 4.78 is 21.9. The van der Waals surface area contributed by atoms with Gasteiger partial charge in [-0.3, -0.25) is 43.8 Å². The molecular formula is C55H63N7O9. The molecule has 3 aliphatic rings. The van der Waals surface area contributed by atoms with Crippen LogP contribution in [0.2, 0.25) is 0 Å². The van der Waals surface area contributed by atoms with E-state index in [0.29, 0.717) is 31.6 Å². The molecule has 2 saturated heterocycles. The quantitative estimate of drug-likeness (QED) is 0.0513. The number of aryl methyl sites for hydroxylation is 4. The van der Waals surface area contributed by atoms with Crippen molar-refractivity contribution in [3.63, 3.8) is 0 Å². The second kappa shape index (κ2) is 21.0. The maximum Gasteiger partial charge on any atom is 0.355 e. The van der Waals surface area contributed by atoms with Crippen LogP contribution in [0.15, 0.2) is 72.8 Å². The summed E-state index contributed by atoms with van der Waals surface area (Å²) in [6.45, 7) is 18.2. The lowest BCUT2D eigenvalue weighted by Crippen LogP contribution is -2.54. The Morgan fingerprint density at radius 3 is 2.23 bits per heavy atom. The fourth-order valence-corrected chi connectivity index (χ4v) is 9.90. The Hall–Kier alpha value is -7.17. The van der Waals surface area contributed by atoms with Crippen LogP contribution in [0.25, 0.3) is 32.8 Å². The van der Waals surface area contributed by atoms with E-state index in [1.165, 1.54) is 23.8 Å². The van der Waals surface area contributed by atoms with Gasteiger partial charge in [-0.15, -0.1) is 0 Å². The van der Waals surface area contributed by atoms with Crippen molar-refractivity contribution in [2.24, 2.45) is 7.05 Å². The van der Waals surface area contributed by atoms with Gasteiger partial charge < -0.3 is 23.7 Å². The molecule has 0 bridgehead atoms. The molecule has 16 nitrogen and oxygen atoms in total. The number of likely N-dealkylation sites (N-methyl/N-ethyl adjacent to an activating group) is 1. The van der Waals surface area contributed by atoms with Gasteiger partial charge in [-0.2, -0.15) is 5.10 Å². The van der Waals surface area contributed by atoms with Gasteiger partial charge in [0.05, 0.1) is 28.9 Å². The van der Waals surface area contributed by atoms with Crippen molar-refractivity contribution in [1.82, 2.24) is 34.4 Å². The molecule has 2 aromatic heterocycles. The van der Waals surface area contributed by atoms with Gasteiger partial charge in [0.1, 0.15) is 35.4 Å². The minimum atomic E-state index is -1.03. The van der Waals surface area contributed by atoms with E-state index in [4.69, 9.17) is 19.3 Å². The predicted octanol–water partition coefficient (Wildman–Crippen LogP) is 7.00. The molecule has 3 aliphatic heterocycles. The van der Waals surface area contributed by atoms with Crippen LogP contribution in [0.1, 0.15) is 93.8 Å². The number of rotatable bonds is 14. The van der Waals surface area contributed by atoms with Crippen LogP contribution in [-0.4, -0.2) is 130 Å². The largest absolute Gasteiger partial charge is 0.493 e. The second-order valence-electron chi connectivity index (χ2n) is 19.5. The first kappa shape index (κ1) is 50.2. The van der Waals surface area contributed by atoms with Crippen molar-refractivity contribution >= 4 is 57.6 Å². The number of ether oxygens (including phenoxy) is 3. The molecular weight excluding hydrogens is 903 g/mol. The molecule has 1 N–H and O–H groups in total. The van der Waals surface area contributed by atoms with Gasteiger partial charge in [0.2, 0.25) is 11.8 Å². The molecule has 0 aliphatic carbocycles. The van der Waals surface area contributed by atoms with Crippen LogP contribution in [0.4, 0.5) is 0 Å². The molecule has 71 heavy (non-hydrogen) atoms. The van der Waals surface area contributed by atoms with Crippen molar-refractivity contribution in [2.75, 3.05) is 53.0 Å². The lowest BCUT2D eigenvalue weighted by molar-refractivity contribution is -0.136. The molecule has 5 heterocycles. The Bertz CT molecular complexity index is 3040. The molecule has 1 unspecified atom stereocenters. The van der Waals surface area contributed by atoms with Crippen molar-refractivity contribution < 1.29 is 43.0 Å². The molecule has 4 amide bonds. The van der Waals surface area contributed by atoms with Gasteiger partial charge in [0.25, 0.3) is 11.8 Å². The number of piperidine rings is 1. The molecule has 372 valence electrons. The highest BCUT2D eigenvalue weighted by molar-refractivity contribution is 6.24. The smallest absolute Gasteiger partial charge is 0.355 e. The Balaban J connectivity index is 0.000000245. The number of hydrogen-bond acceptors (Lipinski definition) is 12. The number of imide groups is 2. The lowest BCUT2D eigenvalue weighted by Gasteiger charge is -2.32. The van der Waals surface area contributed by atoms with E-state index in [0.717, 1.165) is 99.5 Å². The fourth-order valence-electron chi connectivity index (χ4n) is 9.90. The maximum absolute atomic E-state index is 14.3. The third-order valence-corrected chi connectivity index (χ3v) is 13.4. The summed E-state index contributed by atoms with van der Waals surface area (Å²) in [5.41, 5.74) is 7.85. The van der Waals surface area contributed by atoms with Gasteiger partial charge in [-0.25, -0.2) is 4.79 Å². The minimum Gasteiger partial charge on any atom is -0.493 e. The topological polar surface area (TPSA) is 175 Å². The summed E-state index contributed by atoms with van der Waals surface area (Å²) in [4.78, 5) is 78.7. The number of carbonyl (C=O) groups excluding carboxylic acids is 6. The first-order valence-corrected chi connectivity index (χ1v) is 24.3. The Kier molecular flexibility index (Phi) is 14.9. The first-order valence-electron chi connectivity index (χ1n) is 24.3. The summed E-state index contributed by atoms with van der Waals surface area (Å²) in [7, 11) is 4.18. The number of fused-ring (bicyclic) bond motifs is 3. The Labute approximate surface area is 413 Å². The number of aldehydes is 1. The molecule has 2 fully saturated rings. The maximum atomic E-state index is 14.3. The molecule has 1 atom stereocenters. The number of nitrogens with zero attached hydrogens (tertiary/aromatic N) is 6. The fraction of sp³-hybridized carbons (Fsp3) is 0.400. The van der Waals surface area contributed by atoms with Gasteiger partial charge in [0.15, 0.2) is 6.29 Å². The number of benzene rings is 4. The number of nitrogens with one attached hydrogen (secondary N) is 1. The van der Waals surface area contributed by atoms with E-state index in [9.17, 15) is 28.8 Å². The number of hydrogen-bond donors (Lipinski definition) is 1. The van der Waals surface area contributed by atoms with E-state index in [2.05, 4.69) is 77.8 Å². The summed E-state index contributed by atoms with van der Waals surface area (Å²) >= 11 is 0. The first-order chi connectivity index (χ1) is 34.0. The number of esters is 1. The van der Waals surface area contributed by atoms with E-state index in [-0.39, 0.29) is 42.3 Å². The van der Waals surface area contributed by atoms with Crippen LogP contribution in [0.3, 0.4) is 0 Å². The highest BCUT2D eigenvalue weighted by atomic mass is 16.6. The third-order valence-electron chi connectivity index (χ3n) is 13.4. The zero-order valence-electron chi connectivity index (χ0n) is 41.9. The molecule has 0 saturated carbocycles. The van der Waals surface area contributed by atoms with Gasteiger partial charge in [0, 0.05) is 80.3 Å². The van der Waals surface area contributed by atoms with Crippen LogP contribution in [0, 0.1) is 20.8 Å². The molecule has 9 rings (SSSR count). The van der Waals surface area contributed by atoms with Crippen molar-refractivity contribution in [1.29, 1.82) is 0 Å². The van der Waals surface area contributed by atoms with E-state index >= 15 is 0 Å². The number of amides is 4. The second-order valence-corrected chi connectivity index (χ2v) is 19.5. The predicted molar refractivity (Wildman–Crippen MR) is 270 cm³/mol. The van der Waals surface area contributed by atoms with E-state index in [1.54, 1.807) is 0 Å². The van der Waals surface area contributed by atoms with Gasteiger partial charge in [-0.05, 0) is 103 Å². The third kappa shape index (κ3) is 10.5. The van der Waals surface area contributed by atoms with Gasteiger partial charge >= 0.3 is 5.97 Å². The highest BCUT2D eigenvalue weighted by Crippen LogP contribution is 2.41. The van der Waals surface area contributed by atoms with Crippen LogP contribution < -0.4 is 14.8 Å². The van der Waals surface area contributed by atoms with Crippen molar-refractivity contribution in [3.8, 4) is 22.6 Å². The summed E-state index contributed by atoms with van der Waals surface area (Å²) in [5, 5.41) is 10.3. The number of piperazine rings is 1. The SMILES string of the molecule is Cc1ccc2c(CCCOc3cccc4ccccc34)c(C(=O)OC(C)(C)C)n(CCN3CCN(C)CC3)c2c1-c1c(C)nn(C)c1C.O=CCOc1cccc2c1C(=O)N(C1CCC(=O)NC1=O)C2=O. The standard InChI is InChI=1S/C40H51N5O3.C15H12N2O6/c1-27-18-19-33-32(16-12-26-47-34-17-11-14-30-13-9-10-15-31(30)34)38(39(46)48-40(4,5)6)45(25-24-44-22-20-42(7)21-23-44)37(33)35(27)36-28(2)41-43(8)29(36)3;18-6-7-23-10-3-1-2-8-12(10)15(22)17(14(8)21)9-4-5-11(19)16-13(9)20/h9-11,13-15,17-19H,12,16,20-26H2,1-8H3;1-3,6,9H,4-5,7H2,(H,16,19,20). The molecule has 4 aromatic carbocycles. The molecule has 6 aromatic rings. The highest BCUT2D eigenvalue weighted by Gasteiger charge is 2.46. The zero-order chi connectivity index (χ0) is 50.7. The van der Waals surface area contributed by atoms with Crippen LogP contribution in [0.5, 0.6) is 11.5 Å². The summed E-state index contributed by atoms with van der Waals surface area (Å²) in [5.74, 6) is -1.66. The zero-order valence-corrected chi connectivity index (χ0v) is 41.9. The Morgan fingerprint density at radius 2 is 1.52 bits per heavy atom. The molecule has 0 spiro atoms. The van der Waals surface area contributed by atoms with Crippen molar-refractivity contribution in [2.45, 2.75) is 85.4 Å². The minimum absolute atomic E-state index is 0.0315. The average molecular weight is 966 g/mol. The van der Waals surface area contributed by atoms with Crippen LogP contribution >= 0.6 is 0 Å². The number of aromatic nitrogens is 3. The molecule has 16 heteroatoms. The lowest BCUT2D eigenvalue weighted by atomic mass is 9.94. The number of carbonyl (C=O) groups is 6. The monoisotopic (exact) mass is 965 g/mol.